The first-order valence-electron chi connectivity index (χ1n) is 11.6. The highest BCUT2D eigenvalue weighted by Gasteiger charge is 2.54. The Balaban J connectivity index is 1.96. The molecule has 2 fully saturated rings. The van der Waals surface area contributed by atoms with Gasteiger partial charge in [0.05, 0.1) is 18.4 Å². The number of carbonyl (C=O) groups is 5. The SMILES string of the molecule is C=C[C@H]1[C@H](O[C@@H]2O[C@H](COC(C)=O)[C@@H](OC(C)=O)[C@H](OC(C)=O)[C@H]2OC(C)=O)OC=C2C(=O)OCC[C@H]21. The van der Waals surface area contributed by atoms with Gasteiger partial charge in [0.25, 0.3) is 0 Å². The summed E-state index contributed by atoms with van der Waals surface area (Å²) < 4.78 is 44.0. The number of carbonyl (C=O) groups excluding carboxylic acids is 5. The zero-order chi connectivity index (χ0) is 27.3. The summed E-state index contributed by atoms with van der Waals surface area (Å²) in [4.78, 5) is 59.4. The minimum atomic E-state index is -1.43. The maximum Gasteiger partial charge on any atom is 0.337 e. The van der Waals surface area contributed by atoms with E-state index in [9.17, 15) is 24.0 Å². The van der Waals surface area contributed by atoms with Gasteiger partial charge in [-0.3, -0.25) is 19.2 Å². The molecule has 8 atom stereocenters. The summed E-state index contributed by atoms with van der Waals surface area (Å²) in [5.41, 5.74) is 0.331. The van der Waals surface area contributed by atoms with Crippen molar-refractivity contribution in [2.45, 2.75) is 71.1 Å². The minimum absolute atomic E-state index is 0.205. The average molecular weight is 526 g/mol. The summed E-state index contributed by atoms with van der Waals surface area (Å²) in [6, 6.07) is 0. The van der Waals surface area contributed by atoms with Crippen LogP contribution in [-0.2, 0) is 61.9 Å². The van der Waals surface area contributed by atoms with Gasteiger partial charge >= 0.3 is 29.8 Å². The Labute approximate surface area is 212 Å². The summed E-state index contributed by atoms with van der Waals surface area (Å²) >= 11 is 0. The highest BCUT2D eigenvalue weighted by atomic mass is 16.8. The first kappa shape index (κ1) is 28.1. The third kappa shape index (κ3) is 6.86. The summed E-state index contributed by atoms with van der Waals surface area (Å²) in [7, 11) is 0. The monoisotopic (exact) mass is 526 g/mol. The van der Waals surface area contributed by atoms with E-state index in [-0.39, 0.29) is 12.5 Å². The standard InChI is InChI=1S/C24H30O13/c1-6-15-16-7-8-30-22(29)17(16)9-32-23(15)37-24-21(35-14(5)28)20(34-13(4)27)19(33-12(3)26)18(36-24)10-31-11(2)25/h6,9,15-16,18-21,23-24H,1,7-8,10H2,2-5H3/t15-,16+,18-,19-,20+,21-,23+,24+/m1/s1. The molecule has 3 aliphatic rings. The van der Waals surface area contributed by atoms with E-state index < -0.39 is 79.4 Å². The zero-order valence-corrected chi connectivity index (χ0v) is 20.9. The minimum Gasteiger partial charge on any atom is -0.471 e. The van der Waals surface area contributed by atoms with Crippen molar-refractivity contribution >= 4 is 29.8 Å². The molecule has 0 unspecified atom stereocenters. The number of cyclic esters (lactones) is 1. The number of esters is 5. The second-order valence-corrected chi connectivity index (χ2v) is 8.63. The largest absolute Gasteiger partial charge is 0.471 e. The molecule has 2 saturated heterocycles. The molecule has 0 aromatic heterocycles. The van der Waals surface area contributed by atoms with Gasteiger partial charge in [-0.05, 0) is 6.42 Å². The number of ether oxygens (including phenoxy) is 8. The van der Waals surface area contributed by atoms with Gasteiger partial charge < -0.3 is 37.9 Å². The summed E-state index contributed by atoms with van der Waals surface area (Å²) in [6.45, 7) is 8.18. The maximum absolute atomic E-state index is 12.1. The van der Waals surface area contributed by atoms with E-state index in [0.717, 1.165) is 20.8 Å². The lowest BCUT2D eigenvalue weighted by Gasteiger charge is -2.46. The van der Waals surface area contributed by atoms with Crippen LogP contribution in [0.4, 0.5) is 0 Å². The Kier molecular flexibility index (Phi) is 9.27. The molecule has 3 heterocycles. The van der Waals surface area contributed by atoms with E-state index >= 15 is 0 Å². The van der Waals surface area contributed by atoms with Crippen molar-refractivity contribution in [2.24, 2.45) is 11.8 Å². The Bertz CT molecular complexity index is 956. The highest BCUT2D eigenvalue weighted by Crippen LogP contribution is 2.39. The van der Waals surface area contributed by atoms with Crippen LogP contribution in [0.1, 0.15) is 34.1 Å². The third-order valence-corrected chi connectivity index (χ3v) is 5.89. The van der Waals surface area contributed by atoms with E-state index in [0.29, 0.717) is 12.0 Å². The lowest BCUT2D eigenvalue weighted by Crippen LogP contribution is -2.63. The molecule has 0 aromatic rings. The van der Waals surface area contributed by atoms with Crippen LogP contribution in [0.15, 0.2) is 24.5 Å². The smallest absolute Gasteiger partial charge is 0.337 e. The quantitative estimate of drug-likeness (QED) is 0.247. The molecule has 0 N–H and O–H groups in total. The van der Waals surface area contributed by atoms with Gasteiger partial charge in [0.1, 0.15) is 12.7 Å². The second kappa shape index (κ2) is 12.2. The number of hydrogen-bond acceptors (Lipinski definition) is 13. The van der Waals surface area contributed by atoms with E-state index in [2.05, 4.69) is 6.58 Å². The molecule has 0 aromatic carbocycles. The zero-order valence-electron chi connectivity index (χ0n) is 20.9. The Hall–Kier alpha value is -3.45. The van der Waals surface area contributed by atoms with Gasteiger partial charge in [-0.1, -0.05) is 6.08 Å². The van der Waals surface area contributed by atoms with Crippen molar-refractivity contribution in [3.05, 3.63) is 24.5 Å². The fourth-order valence-corrected chi connectivity index (χ4v) is 4.45. The summed E-state index contributed by atoms with van der Waals surface area (Å²) in [6.07, 6.45) is -4.47. The van der Waals surface area contributed by atoms with Gasteiger partial charge in [-0.15, -0.1) is 6.58 Å². The molecule has 37 heavy (non-hydrogen) atoms. The van der Waals surface area contributed by atoms with Crippen molar-refractivity contribution in [1.82, 2.24) is 0 Å². The lowest BCUT2D eigenvalue weighted by molar-refractivity contribution is -0.342. The van der Waals surface area contributed by atoms with Gasteiger partial charge in [0.2, 0.25) is 12.6 Å². The van der Waals surface area contributed by atoms with Gasteiger partial charge in [0.15, 0.2) is 18.3 Å². The van der Waals surface area contributed by atoms with Crippen LogP contribution in [0.3, 0.4) is 0 Å². The van der Waals surface area contributed by atoms with Crippen molar-refractivity contribution in [3.63, 3.8) is 0 Å². The maximum atomic E-state index is 12.1. The molecule has 0 aliphatic carbocycles. The summed E-state index contributed by atoms with van der Waals surface area (Å²) in [5.74, 6) is -4.27. The van der Waals surface area contributed by atoms with Crippen LogP contribution in [0.2, 0.25) is 0 Å². The molecule has 0 amide bonds. The van der Waals surface area contributed by atoms with Crippen molar-refractivity contribution < 1.29 is 61.9 Å². The molecule has 0 saturated carbocycles. The van der Waals surface area contributed by atoms with Crippen LogP contribution in [0.25, 0.3) is 0 Å². The molecular formula is C24H30O13. The van der Waals surface area contributed by atoms with Crippen molar-refractivity contribution in [3.8, 4) is 0 Å². The molecule has 13 nitrogen and oxygen atoms in total. The molecular weight excluding hydrogens is 496 g/mol. The molecule has 13 heteroatoms. The molecule has 0 bridgehead atoms. The predicted octanol–water partition coefficient (Wildman–Crippen LogP) is 0.692. The Morgan fingerprint density at radius 2 is 1.57 bits per heavy atom. The lowest BCUT2D eigenvalue weighted by atomic mass is 9.81. The van der Waals surface area contributed by atoms with E-state index in [1.165, 1.54) is 13.2 Å². The number of rotatable bonds is 8. The summed E-state index contributed by atoms with van der Waals surface area (Å²) in [5, 5.41) is 0. The molecule has 3 rings (SSSR count). The number of fused-ring (bicyclic) bond motifs is 1. The predicted molar refractivity (Wildman–Crippen MR) is 119 cm³/mol. The van der Waals surface area contributed by atoms with Crippen molar-refractivity contribution in [1.29, 1.82) is 0 Å². The molecule has 204 valence electrons. The third-order valence-electron chi connectivity index (χ3n) is 5.89. The highest BCUT2D eigenvalue weighted by molar-refractivity contribution is 5.89. The van der Waals surface area contributed by atoms with E-state index in [4.69, 9.17) is 37.9 Å². The fraction of sp³-hybridized carbons (Fsp3) is 0.625. The van der Waals surface area contributed by atoms with Crippen LogP contribution >= 0.6 is 0 Å². The topological polar surface area (TPSA) is 159 Å². The Morgan fingerprint density at radius 3 is 2.16 bits per heavy atom. The average Bonchev–Trinajstić information content (AvgIpc) is 2.80. The molecule has 0 spiro atoms. The van der Waals surface area contributed by atoms with Gasteiger partial charge in [0, 0.05) is 39.5 Å². The van der Waals surface area contributed by atoms with Gasteiger partial charge in [-0.2, -0.15) is 0 Å². The van der Waals surface area contributed by atoms with Crippen LogP contribution < -0.4 is 0 Å². The van der Waals surface area contributed by atoms with Crippen LogP contribution in [0, 0.1) is 11.8 Å². The van der Waals surface area contributed by atoms with Crippen LogP contribution in [0.5, 0.6) is 0 Å². The fourth-order valence-electron chi connectivity index (χ4n) is 4.45. The van der Waals surface area contributed by atoms with Crippen molar-refractivity contribution in [2.75, 3.05) is 13.2 Å². The van der Waals surface area contributed by atoms with E-state index in [1.807, 2.05) is 0 Å². The molecule has 0 radical (unpaired) electrons. The normalized spacial score (nSPS) is 32.9. The number of hydrogen-bond donors (Lipinski definition) is 0. The second-order valence-electron chi connectivity index (χ2n) is 8.63. The van der Waals surface area contributed by atoms with Gasteiger partial charge in [-0.25, -0.2) is 4.79 Å². The first-order valence-corrected chi connectivity index (χ1v) is 11.6. The van der Waals surface area contributed by atoms with E-state index in [1.54, 1.807) is 6.08 Å². The van der Waals surface area contributed by atoms with Crippen LogP contribution in [-0.4, -0.2) is 80.1 Å². The first-order chi connectivity index (χ1) is 17.5. The Morgan fingerprint density at radius 1 is 0.946 bits per heavy atom. The molecule has 3 aliphatic heterocycles.